The van der Waals surface area contributed by atoms with E-state index in [0.717, 1.165) is 43.1 Å². The topological polar surface area (TPSA) is 87.9 Å². The third kappa shape index (κ3) is 2.95. The smallest absolute Gasteiger partial charge is 0.223 e. The lowest BCUT2D eigenvalue weighted by atomic mass is 9.97. The lowest BCUT2D eigenvalue weighted by Crippen LogP contribution is -2.22. The fourth-order valence-electron chi connectivity index (χ4n) is 2.79. The molecule has 2 atom stereocenters. The van der Waals surface area contributed by atoms with Crippen molar-refractivity contribution < 1.29 is 0 Å². The number of fused-ring (bicyclic) bond motifs is 1. The van der Waals surface area contributed by atoms with Gasteiger partial charge in [0.15, 0.2) is 0 Å². The fraction of sp³-hybridized carbons (Fsp3) is 0.714. The molecule has 2 aliphatic rings. The monoisotopic (exact) mass is 276 g/mol. The summed E-state index contributed by atoms with van der Waals surface area (Å²) in [7, 11) is 0. The van der Waals surface area contributed by atoms with Crippen molar-refractivity contribution in [3.8, 4) is 0 Å². The normalized spacial score (nSPS) is 28.1. The number of rotatable bonds is 4. The molecule has 2 heterocycles. The van der Waals surface area contributed by atoms with Gasteiger partial charge in [-0.1, -0.05) is 20.8 Å². The molecule has 5 N–H and O–H groups in total. The Bertz CT molecular complexity index is 485. The first-order valence-corrected chi connectivity index (χ1v) is 7.28. The predicted molar refractivity (Wildman–Crippen MR) is 81.6 cm³/mol. The van der Waals surface area contributed by atoms with Gasteiger partial charge in [-0.25, -0.2) is 0 Å². The van der Waals surface area contributed by atoms with Crippen LogP contribution in [0.1, 0.15) is 20.8 Å². The van der Waals surface area contributed by atoms with Crippen LogP contribution in [0.5, 0.6) is 0 Å². The van der Waals surface area contributed by atoms with Crippen LogP contribution >= 0.6 is 0 Å². The Kier molecular flexibility index (Phi) is 3.20. The Balaban J connectivity index is 1.64. The molecule has 20 heavy (non-hydrogen) atoms. The van der Waals surface area contributed by atoms with E-state index in [1.54, 1.807) is 0 Å². The van der Waals surface area contributed by atoms with E-state index in [1.807, 2.05) is 6.07 Å². The van der Waals surface area contributed by atoms with E-state index in [2.05, 4.69) is 46.7 Å². The number of nitrogen functional groups attached to an aromatic ring is 1. The average molecular weight is 276 g/mol. The molecule has 1 aliphatic heterocycles. The second kappa shape index (κ2) is 4.77. The van der Waals surface area contributed by atoms with E-state index < -0.39 is 0 Å². The highest BCUT2D eigenvalue weighted by Crippen LogP contribution is 2.43. The molecule has 0 amide bonds. The Morgan fingerprint density at radius 3 is 2.55 bits per heavy atom. The zero-order valence-corrected chi connectivity index (χ0v) is 12.4. The summed E-state index contributed by atoms with van der Waals surface area (Å²) < 4.78 is 0. The molecule has 0 spiro atoms. The van der Waals surface area contributed by atoms with Crippen LogP contribution < -0.4 is 21.7 Å². The van der Waals surface area contributed by atoms with Crippen LogP contribution in [0.2, 0.25) is 0 Å². The van der Waals surface area contributed by atoms with Gasteiger partial charge >= 0.3 is 0 Å². The van der Waals surface area contributed by atoms with Gasteiger partial charge in [-0.15, -0.1) is 0 Å². The number of nitrogens with one attached hydrogen (secondary N) is 3. The summed E-state index contributed by atoms with van der Waals surface area (Å²) in [6, 6.07) is 2.49. The number of hydrogen-bond acceptors (Lipinski definition) is 6. The van der Waals surface area contributed by atoms with Crippen LogP contribution in [-0.2, 0) is 0 Å². The van der Waals surface area contributed by atoms with Crippen LogP contribution in [-0.4, -0.2) is 35.6 Å². The molecule has 6 nitrogen and oxygen atoms in total. The predicted octanol–water partition coefficient (Wildman–Crippen LogP) is 1.15. The molecule has 1 aromatic heterocycles. The summed E-state index contributed by atoms with van der Waals surface area (Å²) in [5.41, 5.74) is 6.00. The average Bonchev–Trinajstić information content (AvgIpc) is 2.80. The number of nitrogens with two attached hydrogens (primary N) is 1. The highest BCUT2D eigenvalue weighted by Gasteiger charge is 2.53. The summed E-state index contributed by atoms with van der Waals surface area (Å²) in [6.07, 6.45) is 0. The van der Waals surface area contributed by atoms with Gasteiger partial charge in [0, 0.05) is 31.7 Å². The van der Waals surface area contributed by atoms with Crippen LogP contribution in [0.15, 0.2) is 6.07 Å². The molecular weight excluding hydrogens is 252 g/mol. The van der Waals surface area contributed by atoms with Crippen LogP contribution in [0.4, 0.5) is 17.6 Å². The van der Waals surface area contributed by atoms with Crippen LogP contribution in [0.25, 0.3) is 0 Å². The number of anilines is 3. The first-order valence-electron chi connectivity index (χ1n) is 7.28. The molecular formula is C14H24N6. The summed E-state index contributed by atoms with van der Waals surface area (Å²) in [5.74, 6) is 3.43. The van der Waals surface area contributed by atoms with Gasteiger partial charge in [-0.3, -0.25) is 0 Å². The first kappa shape index (κ1) is 13.4. The molecule has 2 unspecified atom stereocenters. The molecule has 0 aromatic carbocycles. The van der Waals surface area contributed by atoms with Gasteiger partial charge in [-0.05, 0) is 17.3 Å². The largest absolute Gasteiger partial charge is 0.369 e. The van der Waals surface area contributed by atoms with E-state index in [4.69, 9.17) is 5.73 Å². The van der Waals surface area contributed by atoms with Gasteiger partial charge < -0.3 is 21.7 Å². The standard InChI is InChI=1S/C14H24N6/c1-14(2,3)7-17-10-4-11(20-13(15)19-10)18-12-8-5-16-6-9(8)12/h4,8-9,12,16H,5-7H2,1-3H3,(H4,15,17,18,19,20). The molecule has 3 rings (SSSR count). The maximum atomic E-state index is 5.80. The molecule has 0 radical (unpaired) electrons. The Morgan fingerprint density at radius 1 is 1.25 bits per heavy atom. The van der Waals surface area contributed by atoms with Crippen molar-refractivity contribution in [2.45, 2.75) is 26.8 Å². The summed E-state index contributed by atoms with van der Waals surface area (Å²) >= 11 is 0. The van der Waals surface area contributed by atoms with E-state index in [0.29, 0.717) is 12.0 Å². The minimum atomic E-state index is 0.201. The van der Waals surface area contributed by atoms with Gasteiger partial charge in [-0.2, -0.15) is 9.97 Å². The second-order valence-electron chi connectivity index (χ2n) is 7.07. The minimum Gasteiger partial charge on any atom is -0.369 e. The molecule has 1 aromatic rings. The van der Waals surface area contributed by atoms with E-state index in [1.165, 1.54) is 0 Å². The zero-order chi connectivity index (χ0) is 14.3. The Labute approximate surface area is 119 Å². The zero-order valence-electron chi connectivity index (χ0n) is 12.4. The summed E-state index contributed by atoms with van der Waals surface area (Å²) in [5, 5.41) is 10.2. The summed E-state index contributed by atoms with van der Waals surface area (Å²) in [4.78, 5) is 8.52. The summed E-state index contributed by atoms with van der Waals surface area (Å²) in [6.45, 7) is 9.61. The fourth-order valence-corrected chi connectivity index (χ4v) is 2.79. The molecule has 0 bridgehead atoms. The maximum absolute atomic E-state index is 5.80. The van der Waals surface area contributed by atoms with Crippen molar-refractivity contribution in [3.05, 3.63) is 6.07 Å². The first-order chi connectivity index (χ1) is 9.42. The Hall–Kier alpha value is -1.56. The van der Waals surface area contributed by atoms with Gasteiger partial charge in [0.25, 0.3) is 0 Å². The quantitative estimate of drug-likeness (QED) is 0.660. The molecule has 2 fully saturated rings. The van der Waals surface area contributed by atoms with Crippen molar-refractivity contribution in [1.82, 2.24) is 15.3 Å². The second-order valence-corrected chi connectivity index (χ2v) is 7.07. The molecule has 6 heteroatoms. The number of aromatic nitrogens is 2. The van der Waals surface area contributed by atoms with Crippen molar-refractivity contribution in [3.63, 3.8) is 0 Å². The number of hydrogen-bond donors (Lipinski definition) is 4. The van der Waals surface area contributed by atoms with Crippen molar-refractivity contribution in [2.75, 3.05) is 36.0 Å². The lowest BCUT2D eigenvalue weighted by Gasteiger charge is -2.19. The third-order valence-electron chi connectivity index (χ3n) is 3.95. The van der Waals surface area contributed by atoms with Gasteiger partial charge in [0.2, 0.25) is 5.95 Å². The number of nitrogens with zero attached hydrogens (tertiary/aromatic N) is 2. The van der Waals surface area contributed by atoms with Crippen LogP contribution in [0, 0.1) is 17.3 Å². The van der Waals surface area contributed by atoms with E-state index >= 15 is 0 Å². The molecule has 1 saturated heterocycles. The molecule has 110 valence electrons. The lowest BCUT2D eigenvalue weighted by molar-refractivity contribution is 0.442. The SMILES string of the molecule is CC(C)(C)CNc1cc(NC2C3CNCC32)nc(N)n1. The van der Waals surface area contributed by atoms with Crippen LogP contribution in [0.3, 0.4) is 0 Å². The van der Waals surface area contributed by atoms with Gasteiger partial charge in [0.05, 0.1) is 0 Å². The van der Waals surface area contributed by atoms with E-state index in [-0.39, 0.29) is 5.41 Å². The minimum absolute atomic E-state index is 0.201. The highest BCUT2D eigenvalue weighted by atomic mass is 15.2. The van der Waals surface area contributed by atoms with Crippen molar-refractivity contribution in [1.29, 1.82) is 0 Å². The molecule has 1 saturated carbocycles. The maximum Gasteiger partial charge on any atom is 0.223 e. The molecule has 1 aliphatic carbocycles. The third-order valence-corrected chi connectivity index (χ3v) is 3.95. The van der Waals surface area contributed by atoms with Crippen molar-refractivity contribution in [2.24, 2.45) is 17.3 Å². The highest BCUT2D eigenvalue weighted by molar-refractivity contribution is 5.52. The van der Waals surface area contributed by atoms with Crippen molar-refractivity contribution >= 4 is 17.6 Å². The number of piperidine rings is 1. The van der Waals surface area contributed by atoms with Gasteiger partial charge in [0.1, 0.15) is 11.6 Å². The van der Waals surface area contributed by atoms with E-state index in [9.17, 15) is 0 Å². The Morgan fingerprint density at radius 2 is 1.90 bits per heavy atom.